The summed E-state index contributed by atoms with van der Waals surface area (Å²) in [6, 6.07) is 66.3. The summed E-state index contributed by atoms with van der Waals surface area (Å²) < 4.78 is 0. The summed E-state index contributed by atoms with van der Waals surface area (Å²) in [4.78, 5) is 5.01. The summed E-state index contributed by atoms with van der Waals surface area (Å²) in [6.07, 6.45) is 0. The lowest BCUT2D eigenvalue weighted by Crippen LogP contribution is -2.25. The molecule has 2 heteroatoms. The van der Waals surface area contributed by atoms with E-state index < -0.39 is 0 Å². The van der Waals surface area contributed by atoms with E-state index in [9.17, 15) is 0 Å². The Morgan fingerprint density at radius 1 is 0.287 bits per heavy atom. The van der Waals surface area contributed by atoms with Crippen LogP contribution in [0.25, 0.3) is 54.9 Å². The van der Waals surface area contributed by atoms with Crippen molar-refractivity contribution in [2.75, 3.05) is 9.80 Å². The highest BCUT2D eigenvalue weighted by Gasteiger charge is 2.48. The van der Waals surface area contributed by atoms with Gasteiger partial charge in [-0.15, -0.1) is 0 Å². The molecule has 0 aromatic heterocycles. The Balaban J connectivity index is 0.877. The number of benzene rings is 10. The van der Waals surface area contributed by atoms with Crippen LogP contribution >= 0.6 is 0 Å². The van der Waals surface area contributed by atoms with Gasteiger partial charge >= 0.3 is 0 Å². The summed E-state index contributed by atoms with van der Waals surface area (Å²) in [6.45, 7) is 38.0. The average Bonchev–Trinajstić information content (AvgIpc) is 2.98. The summed E-state index contributed by atoms with van der Waals surface area (Å²) >= 11 is 0. The van der Waals surface area contributed by atoms with E-state index in [1.807, 2.05) is 0 Å². The molecule has 4 aliphatic rings. The van der Waals surface area contributed by atoms with E-state index in [1.165, 1.54) is 133 Å². The number of nitrogens with zero attached hydrogens (tertiary/aromatic N) is 2. The van der Waals surface area contributed by atoms with Crippen LogP contribution in [-0.2, 0) is 32.5 Å². The zero-order valence-electron chi connectivity index (χ0n) is 50.1. The van der Waals surface area contributed by atoms with Gasteiger partial charge in [0.1, 0.15) is 0 Å². The van der Waals surface area contributed by atoms with Gasteiger partial charge in [-0.25, -0.2) is 0 Å². The van der Waals surface area contributed by atoms with Gasteiger partial charge < -0.3 is 9.80 Å². The summed E-state index contributed by atoms with van der Waals surface area (Å²) in [5, 5.41) is 5.66. The molecule has 14 rings (SSSR count). The molecular formula is C78H76N2. The Bertz CT molecular complexity index is 4000. The first-order valence-corrected chi connectivity index (χ1v) is 29.3. The van der Waals surface area contributed by atoms with Crippen LogP contribution in [0, 0.1) is 13.8 Å². The second-order valence-electron chi connectivity index (χ2n) is 28.4. The maximum atomic E-state index is 2.52. The van der Waals surface area contributed by atoms with Crippen molar-refractivity contribution in [2.24, 2.45) is 0 Å². The minimum Gasteiger partial charge on any atom is -0.310 e. The normalized spacial score (nSPS) is 16.1. The second kappa shape index (κ2) is 16.5. The van der Waals surface area contributed by atoms with Crippen LogP contribution in [0.5, 0.6) is 0 Å². The Labute approximate surface area is 476 Å². The monoisotopic (exact) mass is 1040 g/mol. The predicted octanol–water partition coefficient (Wildman–Crippen LogP) is 21.7. The zero-order chi connectivity index (χ0) is 56.1. The Morgan fingerprint density at radius 2 is 0.562 bits per heavy atom. The van der Waals surface area contributed by atoms with Crippen molar-refractivity contribution in [1.29, 1.82) is 0 Å². The van der Waals surface area contributed by atoms with Crippen LogP contribution < -0.4 is 9.80 Å². The van der Waals surface area contributed by atoms with Crippen molar-refractivity contribution in [3.8, 4) is 33.4 Å². The maximum Gasteiger partial charge on any atom is 0.0468 e. The molecule has 2 nitrogen and oxygen atoms in total. The van der Waals surface area contributed by atoms with Crippen LogP contribution in [0.4, 0.5) is 34.1 Å². The van der Waals surface area contributed by atoms with Crippen LogP contribution in [0.2, 0.25) is 0 Å². The largest absolute Gasteiger partial charge is 0.310 e. The molecule has 0 bridgehead atoms. The molecule has 0 N–H and O–H groups in total. The zero-order valence-corrected chi connectivity index (χ0v) is 50.1. The Morgan fingerprint density at radius 3 is 0.863 bits per heavy atom. The summed E-state index contributed by atoms with van der Waals surface area (Å²) in [5.41, 5.74) is 31.3. The van der Waals surface area contributed by atoms with Gasteiger partial charge in [-0.1, -0.05) is 194 Å². The molecule has 0 radical (unpaired) electrons. The molecule has 10 aromatic rings. The highest BCUT2D eigenvalue weighted by atomic mass is 15.1. The van der Waals surface area contributed by atoms with E-state index >= 15 is 0 Å². The van der Waals surface area contributed by atoms with Crippen LogP contribution in [0.1, 0.15) is 164 Å². The van der Waals surface area contributed by atoms with Crippen LogP contribution in [-0.4, -0.2) is 0 Å². The fourth-order valence-corrected chi connectivity index (χ4v) is 15.2. The van der Waals surface area contributed by atoms with Crippen LogP contribution in [0.3, 0.4) is 0 Å². The third kappa shape index (κ3) is 6.96. The highest BCUT2D eigenvalue weighted by Crippen LogP contribution is 2.63. The van der Waals surface area contributed by atoms with Crippen molar-refractivity contribution in [1.82, 2.24) is 0 Å². The molecule has 10 aromatic carbocycles. The van der Waals surface area contributed by atoms with Gasteiger partial charge in [0.15, 0.2) is 0 Å². The molecule has 0 saturated carbocycles. The molecule has 398 valence electrons. The molecule has 0 aliphatic heterocycles. The first-order valence-electron chi connectivity index (χ1n) is 29.3. The van der Waals surface area contributed by atoms with Crippen LogP contribution in [0.15, 0.2) is 170 Å². The molecule has 0 heterocycles. The quantitative estimate of drug-likeness (QED) is 0.157. The van der Waals surface area contributed by atoms with E-state index in [4.69, 9.17) is 0 Å². The molecular weight excluding hydrogens is 965 g/mol. The SMILES string of the molecule is Cc1cc2c3c4c(cccc14)C(C)(C)c1cc(N(c4ccc(-c5ccc(N(c6ccc(C(C)(C)C)cc6)c6cc7c8c(c6)C(C)(C)c6cccc9c(C)cc(c-8c69)C7(C)C)cc5)cc4)c4ccc(C(C)(C)C)cc4)cc(c1-3)C2(C)C. The third-order valence-electron chi connectivity index (χ3n) is 20.0. The number of aryl methyl sites for hydroxylation is 2. The highest BCUT2D eigenvalue weighted by molar-refractivity contribution is 6.11. The third-order valence-corrected chi connectivity index (χ3v) is 20.0. The standard InChI is InChI=1S/C78H76N2/c1-45-39-61-71-67-57(45)19-17-21-59(67)75(9,10)63-41-55(43-65(69(63)71)77(61,13)14)79(53-35-27-49(28-36-53)73(3,4)5)51-31-23-47(24-32-51)48-25-33-52(34-26-48)80(54-37-29-50(30-38-54)74(6,7)8)56-42-64-70-66(44-56)78(15,16)62-40-46(2)58-20-18-22-60(76(64,11)12)68(58)72(62)70/h17-44H,1-16H3. The number of hydrogen-bond donors (Lipinski definition) is 0. The summed E-state index contributed by atoms with van der Waals surface area (Å²) in [5.74, 6) is 0. The first kappa shape index (κ1) is 50.5. The first-order chi connectivity index (χ1) is 37.8. The topological polar surface area (TPSA) is 6.48 Å². The molecule has 0 fully saturated rings. The van der Waals surface area contributed by atoms with Gasteiger partial charge in [0.05, 0.1) is 0 Å². The second-order valence-corrected chi connectivity index (χ2v) is 28.4. The van der Waals surface area contributed by atoms with Crippen molar-refractivity contribution in [3.05, 3.63) is 237 Å². The lowest BCUT2D eigenvalue weighted by atomic mass is 9.68. The Hall–Kier alpha value is -7.68. The average molecular weight is 1040 g/mol. The lowest BCUT2D eigenvalue weighted by molar-refractivity contribution is 0.590. The fraction of sp³-hybridized carbons (Fsp3) is 0.282. The molecule has 0 atom stereocenters. The Kier molecular flexibility index (Phi) is 10.4. The van der Waals surface area contributed by atoms with Crippen molar-refractivity contribution >= 4 is 55.7 Å². The van der Waals surface area contributed by atoms with Gasteiger partial charge in [0.25, 0.3) is 0 Å². The van der Waals surface area contributed by atoms with Crippen molar-refractivity contribution in [3.63, 3.8) is 0 Å². The molecule has 80 heavy (non-hydrogen) atoms. The minimum atomic E-state index is -0.199. The number of rotatable bonds is 7. The number of anilines is 6. The van der Waals surface area contributed by atoms with E-state index in [-0.39, 0.29) is 32.5 Å². The van der Waals surface area contributed by atoms with Crippen molar-refractivity contribution in [2.45, 2.75) is 143 Å². The van der Waals surface area contributed by atoms with Gasteiger partial charge in [-0.05, 0) is 219 Å². The minimum absolute atomic E-state index is 0.0414. The molecule has 0 saturated heterocycles. The van der Waals surface area contributed by atoms with Crippen molar-refractivity contribution < 1.29 is 0 Å². The number of hydrogen-bond acceptors (Lipinski definition) is 2. The van der Waals surface area contributed by atoms with E-state index in [0.717, 1.165) is 22.7 Å². The van der Waals surface area contributed by atoms with E-state index in [2.05, 4.69) is 290 Å². The van der Waals surface area contributed by atoms with E-state index in [1.54, 1.807) is 0 Å². The van der Waals surface area contributed by atoms with E-state index in [0.29, 0.717) is 0 Å². The molecule has 0 spiro atoms. The smallest absolute Gasteiger partial charge is 0.0468 e. The van der Waals surface area contributed by atoms with Gasteiger partial charge in [-0.2, -0.15) is 0 Å². The summed E-state index contributed by atoms with van der Waals surface area (Å²) in [7, 11) is 0. The van der Waals surface area contributed by atoms with Gasteiger partial charge in [0, 0.05) is 55.8 Å². The predicted molar refractivity (Wildman–Crippen MR) is 343 cm³/mol. The lowest BCUT2D eigenvalue weighted by Gasteiger charge is -2.37. The molecule has 4 aliphatic carbocycles. The fourth-order valence-electron chi connectivity index (χ4n) is 15.2. The molecule has 0 unspecified atom stereocenters. The van der Waals surface area contributed by atoms with Gasteiger partial charge in [0.2, 0.25) is 0 Å². The maximum absolute atomic E-state index is 2.52. The molecule has 0 amide bonds. The van der Waals surface area contributed by atoms with Gasteiger partial charge in [-0.3, -0.25) is 0 Å².